The molecule has 2 fully saturated rings. The number of rotatable bonds is 3. The monoisotopic (exact) mass is 353 g/mol. The molecule has 2 aliphatic rings. The average Bonchev–Trinajstić information content (AvgIpc) is 2.79. The van der Waals surface area contributed by atoms with Gasteiger partial charge >= 0.3 is 0 Å². The summed E-state index contributed by atoms with van der Waals surface area (Å²) in [4.78, 5) is 18.4. The number of benzene rings is 1. The van der Waals surface area contributed by atoms with Crippen LogP contribution in [0.3, 0.4) is 0 Å². The molecule has 1 saturated heterocycles. The van der Waals surface area contributed by atoms with Crippen molar-refractivity contribution in [3.05, 3.63) is 45.2 Å². The lowest BCUT2D eigenvalue weighted by atomic mass is 9.65. The number of H-pyrrole nitrogens is 1. The van der Waals surface area contributed by atoms with Crippen LogP contribution in [0.2, 0.25) is 0 Å². The highest BCUT2D eigenvalue weighted by Crippen LogP contribution is 2.47. The van der Waals surface area contributed by atoms with Crippen LogP contribution in [0.4, 0.5) is 0 Å². The van der Waals surface area contributed by atoms with Crippen LogP contribution in [0.15, 0.2) is 23.0 Å². The Labute approximate surface area is 156 Å². The predicted molar refractivity (Wildman–Crippen MR) is 108 cm³/mol. The molecule has 3 nitrogen and oxygen atoms in total. The molecule has 1 aromatic heterocycles. The van der Waals surface area contributed by atoms with Crippen molar-refractivity contribution in [2.75, 3.05) is 6.54 Å². The molecule has 3 atom stereocenters. The van der Waals surface area contributed by atoms with E-state index in [4.69, 9.17) is 0 Å². The quantitative estimate of drug-likeness (QED) is 0.872. The highest BCUT2D eigenvalue weighted by atomic mass is 16.1. The first-order valence-electron chi connectivity index (χ1n) is 10.2. The van der Waals surface area contributed by atoms with Crippen molar-refractivity contribution in [1.82, 2.24) is 4.98 Å². The van der Waals surface area contributed by atoms with Gasteiger partial charge in [0.25, 0.3) is 0 Å². The maximum Gasteiger partial charge on any atom is 0.198 e. The van der Waals surface area contributed by atoms with Gasteiger partial charge < -0.3 is 9.88 Å². The van der Waals surface area contributed by atoms with E-state index in [0.717, 1.165) is 35.1 Å². The van der Waals surface area contributed by atoms with Crippen LogP contribution in [-0.4, -0.2) is 17.6 Å². The second-order valence-corrected chi connectivity index (χ2v) is 10.1. The SMILES string of the molecule is CCc1ccc2[nH]c(C)c(C[NH+]3C[C@@]4(C)C[C@@H]3CC(C)(C)C4)c(=O)c2c1. The molecular formula is C23H33N2O+. The summed E-state index contributed by atoms with van der Waals surface area (Å²) >= 11 is 0. The Bertz CT molecular complexity index is 910. The first-order valence-corrected chi connectivity index (χ1v) is 10.2. The molecule has 2 aromatic rings. The van der Waals surface area contributed by atoms with Crippen molar-refractivity contribution in [3.8, 4) is 0 Å². The molecular weight excluding hydrogens is 320 g/mol. The fourth-order valence-electron chi connectivity index (χ4n) is 6.11. The topological polar surface area (TPSA) is 37.3 Å². The Balaban J connectivity index is 1.71. The van der Waals surface area contributed by atoms with Crippen molar-refractivity contribution < 1.29 is 4.90 Å². The Morgan fingerprint density at radius 2 is 2.00 bits per heavy atom. The van der Waals surface area contributed by atoms with Gasteiger partial charge in [-0.15, -0.1) is 0 Å². The number of pyridine rings is 1. The number of hydrogen-bond acceptors (Lipinski definition) is 1. The van der Waals surface area contributed by atoms with Gasteiger partial charge in [-0.1, -0.05) is 33.8 Å². The molecule has 0 radical (unpaired) electrons. The number of aromatic amines is 1. The van der Waals surface area contributed by atoms with E-state index >= 15 is 0 Å². The van der Waals surface area contributed by atoms with E-state index in [0.29, 0.717) is 16.9 Å². The summed E-state index contributed by atoms with van der Waals surface area (Å²) in [5, 5.41) is 0.859. The fraction of sp³-hybridized carbons (Fsp3) is 0.609. The van der Waals surface area contributed by atoms with Crippen molar-refractivity contribution in [1.29, 1.82) is 0 Å². The minimum Gasteiger partial charge on any atom is -0.358 e. The molecule has 1 aliphatic carbocycles. The lowest BCUT2D eigenvalue weighted by molar-refractivity contribution is -0.928. The minimum atomic E-state index is 0.241. The van der Waals surface area contributed by atoms with E-state index in [1.807, 2.05) is 0 Å². The molecule has 2 N–H and O–H groups in total. The molecule has 3 heteroatoms. The normalized spacial score (nSPS) is 30.0. The van der Waals surface area contributed by atoms with Crippen molar-refractivity contribution in [2.45, 2.75) is 72.9 Å². The molecule has 2 bridgehead atoms. The maximum absolute atomic E-state index is 13.3. The lowest BCUT2D eigenvalue weighted by Gasteiger charge is -2.37. The van der Waals surface area contributed by atoms with Crippen LogP contribution in [0.25, 0.3) is 10.9 Å². The van der Waals surface area contributed by atoms with E-state index in [2.05, 4.69) is 57.8 Å². The minimum absolute atomic E-state index is 0.241. The van der Waals surface area contributed by atoms with Crippen molar-refractivity contribution in [2.24, 2.45) is 10.8 Å². The second-order valence-electron chi connectivity index (χ2n) is 10.1. The predicted octanol–water partition coefficient (Wildman–Crippen LogP) is 3.38. The molecule has 0 spiro atoms. The third kappa shape index (κ3) is 3.00. The summed E-state index contributed by atoms with van der Waals surface area (Å²) in [5.41, 5.74) is 5.35. The van der Waals surface area contributed by atoms with Crippen molar-refractivity contribution >= 4 is 10.9 Å². The largest absolute Gasteiger partial charge is 0.358 e. The van der Waals surface area contributed by atoms with Gasteiger partial charge in [0.2, 0.25) is 0 Å². The highest BCUT2D eigenvalue weighted by molar-refractivity contribution is 5.80. The molecule has 1 saturated carbocycles. The van der Waals surface area contributed by atoms with Gasteiger partial charge in [0.05, 0.1) is 18.2 Å². The number of nitrogens with one attached hydrogen (secondary N) is 2. The van der Waals surface area contributed by atoms with Crippen LogP contribution in [0, 0.1) is 17.8 Å². The first kappa shape index (κ1) is 17.8. The molecule has 1 unspecified atom stereocenters. The number of fused-ring (bicyclic) bond motifs is 3. The van der Waals surface area contributed by atoms with Gasteiger partial charge in [-0.05, 0) is 42.9 Å². The van der Waals surface area contributed by atoms with E-state index in [-0.39, 0.29) is 5.43 Å². The Kier molecular flexibility index (Phi) is 4.07. The van der Waals surface area contributed by atoms with Gasteiger partial charge in [0, 0.05) is 34.9 Å². The van der Waals surface area contributed by atoms with Gasteiger partial charge in [-0.2, -0.15) is 0 Å². The van der Waals surface area contributed by atoms with Gasteiger partial charge in [-0.3, -0.25) is 4.79 Å². The van der Waals surface area contributed by atoms with E-state index in [1.165, 1.54) is 31.4 Å². The van der Waals surface area contributed by atoms with E-state index in [9.17, 15) is 4.79 Å². The third-order valence-corrected chi connectivity index (χ3v) is 6.86. The van der Waals surface area contributed by atoms with Crippen LogP contribution >= 0.6 is 0 Å². The van der Waals surface area contributed by atoms with Crippen LogP contribution in [-0.2, 0) is 13.0 Å². The number of aryl methyl sites for hydroxylation is 2. The molecule has 2 heterocycles. The lowest BCUT2D eigenvalue weighted by Crippen LogP contribution is -3.12. The van der Waals surface area contributed by atoms with Gasteiger partial charge in [0.15, 0.2) is 5.43 Å². The zero-order valence-electron chi connectivity index (χ0n) is 17.0. The molecule has 0 amide bonds. The van der Waals surface area contributed by atoms with E-state index < -0.39 is 0 Å². The first-order chi connectivity index (χ1) is 12.2. The standard InChI is InChI=1S/C23H32N2O/c1-6-16-7-8-20-18(9-16)21(26)19(15(2)24-20)12-25-14-23(5)11-17(25)10-22(3,4)13-23/h7-9,17H,6,10-14H2,1-5H3,(H,24,26)/p+1/t17-,23-/m0/s1. The Hall–Kier alpha value is -1.61. The van der Waals surface area contributed by atoms with Gasteiger partial charge in [-0.25, -0.2) is 0 Å². The van der Waals surface area contributed by atoms with Crippen LogP contribution < -0.4 is 10.3 Å². The summed E-state index contributed by atoms with van der Waals surface area (Å²) in [7, 11) is 0. The Morgan fingerprint density at radius 3 is 2.73 bits per heavy atom. The molecule has 140 valence electrons. The number of likely N-dealkylation sites (tertiary alicyclic amines) is 1. The molecule has 1 aliphatic heterocycles. The summed E-state index contributed by atoms with van der Waals surface area (Å²) in [5.74, 6) is 0. The van der Waals surface area contributed by atoms with E-state index in [1.54, 1.807) is 4.90 Å². The smallest absolute Gasteiger partial charge is 0.198 e. The number of quaternary nitrogens is 1. The third-order valence-electron chi connectivity index (χ3n) is 6.86. The highest BCUT2D eigenvalue weighted by Gasteiger charge is 2.52. The zero-order valence-corrected chi connectivity index (χ0v) is 17.0. The summed E-state index contributed by atoms with van der Waals surface area (Å²) in [6, 6.07) is 6.96. The molecule has 26 heavy (non-hydrogen) atoms. The van der Waals surface area contributed by atoms with Crippen molar-refractivity contribution in [3.63, 3.8) is 0 Å². The maximum atomic E-state index is 13.3. The molecule has 4 rings (SSSR count). The number of aromatic nitrogens is 1. The average molecular weight is 354 g/mol. The number of hydrogen-bond donors (Lipinski definition) is 2. The Morgan fingerprint density at radius 1 is 1.23 bits per heavy atom. The second kappa shape index (κ2) is 5.95. The fourth-order valence-corrected chi connectivity index (χ4v) is 6.11. The summed E-state index contributed by atoms with van der Waals surface area (Å²) in [6.07, 6.45) is 4.87. The molecule has 1 aromatic carbocycles. The summed E-state index contributed by atoms with van der Waals surface area (Å²) in [6.45, 7) is 13.6. The summed E-state index contributed by atoms with van der Waals surface area (Å²) < 4.78 is 0. The van der Waals surface area contributed by atoms with Crippen LogP contribution in [0.1, 0.15) is 63.8 Å². The zero-order chi connectivity index (χ0) is 18.7. The van der Waals surface area contributed by atoms with Crippen LogP contribution in [0.5, 0.6) is 0 Å². The van der Waals surface area contributed by atoms with Gasteiger partial charge in [0.1, 0.15) is 6.54 Å².